The molecule has 0 unspecified atom stereocenters. The molecule has 0 saturated carbocycles. The van der Waals surface area contributed by atoms with Crippen molar-refractivity contribution in [3.8, 4) is 11.3 Å². The lowest BCUT2D eigenvalue weighted by Gasteiger charge is -2.03. The summed E-state index contributed by atoms with van der Waals surface area (Å²) in [6, 6.07) is 13.1. The number of fused-ring (bicyclic) bond motifs is 1. The third-order valence-electron chi connectivity index (χ3n) is 4.30. The molecule has 0 aliphatic heterocycles. The Morgan fingerprint density at radius 3 is 2.75 bits per heavy atom. The second-order valence-electron chi connectivity index (χ2n) is 6.22. The molecule has 142 valence electrons. The van der Waals surface area contributed by atoms with Crippen LogP contribution >= 0.6 is 11.3 Å². The zero-order chi connectivity index (χ0) is 19.7. The van der Waals surface area contributed by atoms with Gasteiger partial charge < -0.3 is 9.73 Å². The predicted molar refractivity (Wildman–Crippen MR) is 106 cm³/mol. The molecule has 2 aromatic carbocycles. The highest BCUT2D eigenvalue weighted by atomic mass is 32.1. The summed E-state index contributed by atoms with van der Waals surface area (Å²) in [5.74, 6) is -1.05. The Kier molecular flexibility index (Phi) is 4.79. The third-order valence-corrected chi connectivity index (χ3v) is 5.18. The number of oxazole rings is 1. The SMILES string of the molecule is Cc1sc(NC(=O)CCn2c(=O)oc3ccccc32)nc1-c1ccc(F)cc1. The van der Waals surface area contributed by atoms with Crippen LogP contribution in [0, 0.1) is 12.7 Å². The molecule has 28 heavy (non-hydrogen) atoms. The Balaban J connectivity index is 1.45. The number of para-hydroxylation sites is 2. The predicted octanol–water partition coefficient (Wildman–Crippen LogP) is 4.19. The van der Waals surface area contributed by atoms with Crippen LogP contribution in [0.2, 0.25) is 0 Å². The van der Waals surface area contributed by atoms with E-state index in [4.69, 9.17) is 4.42 Å². The first-order valence-corrected chi connectivity index (χ1v) is 9.44. The lowest BCUT2D eigenvalue weighted by atomic mass is 10.1. The molecular weight excluding hydrogens is 381 g/mol. The fraction of sp³-hybridized carbons (Fsp3) is 0.150. The second kappa shape index (κ2) is 7.40. The van der Waals surface area contributed by atoms with Gasteiger partial charge in [0.2, 0.25) is 5.91 Å². The fourth-order valence-electron chi connectivity index (χ4n) is 2.95. The van der Waals surface area contributed by atoms with Gasteiger partial charge in [0.25, 0.3) is 0 Å². The summed E-state index contributed by atoms with van der Waals surface area (Å²) in [7, 11) is 0. The average Bonchev–Trinajstić information content (AvgIpc) is 3.19. The molecule has 0 saturated heterocycles. The van der Waals surface area contributed by atoms with E-state index in [-0.39, 0.29) is 24.7 Å². The molecule has 0 bridgehead atoms. The Hall–Kier alpha value is -3.26. The smallest absolute Gasteiger partial charge is 0.408 e. The van der Waals surface area contributed by atoms with Crippen molar-refractivity contribution in [2.75, 3.05) is 5.32 Å². The van der Waals surface area contributed by atoms with Crippen molar-refractivity contribution in [3.63, 3.8) is 0 Å². The van der Waals surface area contributed by atoms with E-state index in [1.807, 2.05) is 13.0 Å². The van der Waals surface area contributed by atoms with Gasteiger partial charge in [0.1, 0.15) is 5.82 Å². The van der Waals surface area contributed by atoms with Gasteiger partial charge in [0.05, 0.1) is 11.2 Å². The lowest BCUT2D eigenvalue weighted by molar-refractivity contribution is -0.116. The van der Waals surface area contributed by atoms with E-state index >= 15 is 0 Å². The van der Waals surface area contributed by atoms with Crippen LogP contribution in [-0.2, 0) is 11.3 Å². The molecule has 0 fully saturated rings. The van der Waals surface area contributed by atoms with Gasteiger partial charge in [0, 0.05) is 23.4 Å². The van der Waals surface area contributed by atoms with E-state index in [0.29, 0.717) is 21.9 Å². The minimum atomic E-state index is -0.488. The number of carbonyl (C=O) groups is 1. The molecule has 1 N–H and O–H groups in total. The number of aromatic nitrogens is 2. The van der Waals surface area contributed by atoms with Gasteiger partial charge in [-0.15, -0.1) is 11.3 Å². The number of amides is 1. The summed E-state index contributed by atoms with van der Waals surface area (Å²) in [5, 5.41) is 3.23. The largest absolute Gasteiger partial charge is 0.419 e. The van der Waals surface area contributed by atoms with Crippen LogP contribution in [-0.4, -0.2) is 15.5 Å². The second-order valence-corrected chi connectivity index (χ2v) is 7.42. The van der Waals surface area contributed by atoms with E-state index < -0.39 is 5.76 Å². The monoisotopic (exact) mass is 397 g/mol. The van der Waals surface area contributed by atoms with Crippen LogP contribution in [0.4, 0.5) is 9.52 Å². The summed E-state index contributed by atoms with van der Waals surface area (Å²) in [6.45, 7) is 2.10. The first-order valence-electron chi connectivity index (χ1n) is 8.63. The summed E-state index contributed by atoms with van der Waals surface area (Å²) in [4.78, 5) is 29.6. The number of rotatable bonds is 5. The zero-order valence-corrected chi connectivity index (χ0v) is 15.8. The molecule has 4 aromatic rings. The van der Waals surface area contributed by atoms with Crippen LogP contribution in [0.15, 0.2) is 57.7 Å². The molecule has 1 amide bonds. The highest BCUT2D eigenvalue weighted by Crippen LogP contribution is 2.30. The van der Waals surface area contributed by atoms with Gasteiger partial charge in [-0.25, -0.2) is 14.2 Å². The molecule has 8 heteroatoms. The van der Waals surface area contributed by atoms with Crippen molar-refractivity contribution < 1.29 is 13.6 Å². The van der Waals surface area contributed by atoms with Crippen molar-refractivity contribution >= 4 is 33.5 Å². The number of thiazole rings is 1. The molecule has 2 heterocycles. The number of nitrogens with zero attached hydrogens (tertiary/aromatic N) is 2. The highest BCUT2D eigenvalue weighted by Gasteiger charge is 2.14. The number of hydrogen-bond donors (Lipinski definition) is 1. The van der Waals surface area contributed by atoms with Gasteiger partial charge in [-0.05, 0) is 43.3 Å². The molecule has 0 spiro atoms. The normalized spacial score (nSPS) is 11.1. The summed E-state index contributed by atoms with van der Waals surface area (Å²) in [6.07, 6.45) is 0.105. The van der Waals surface area contributed by atoms with E-state index in [0.717, 1.165) is 10.4 Å². The molecule has 0 aliphatic rings. The van der Waals surface area contributed by atoms with Gasteiger partial charge >= 0.3 is 5.76 Å². The molecular formula is C20H16FN3O3S. The highest BCUT2D eigenvalue weighted by molar-refractivity contribution is 7.16. The Bertz CT molecular complexity index is 1210. The van der Waals surface area contributed by atoms with E-state index in [9.17, 15) is 14.0 Å². The molecule has 0 aliphatic carbocycles. The number of anilines is 1. The van der Waals surface area contributed by atoms with Crippen LogP contribution in [0.1, 0.15) is 11.3 Å². The maximum absolute atomic E-state index is 13.1. The number of halogens is 1. The van der Waals surface area contributed by atoms with E-state index in [1.165, 1.54) is 28.0 Å². The minimum absolute atomic E-state index is 0.105. The first kappa shape index (κ1) is 18.1. The van der Waals surface area contributed by atoms with Crippen molar-refractivity contribution in [1.82, 2.24) is 9.55 Å². The van der Waals surface area contributed by atoms with Crippen LogP contribution in [0.3, 0.4) is 0 Å². The summed E-state index contributed by atoms with van der Waals surface area (Å²) >= 11 is 1.35. The Labute approximate surface area is 163 Å². The van der Waals surface area contributed by atoms with Crippen molar-refractivity contribution in [2.24, 2.45) is 0 Å². The topological polar surface area (TPSA) is 77.1 Å². The van der Waals surface area contributed by atoms with E-state index in [2.05, 4.69) is 10.3 Å². The molecule has 6 nitrogen and oxygen atoms in total. The van der Waals surface area contributed by atoms with Crippen LogP contribution in [0.25, 0.3) is 22.4 Å². The first-order chi connectivity index (χ1) is 13.5. The van der Waals surface area contributed by atoms with Crippen molar-refractivity contribution in [2.45, 2.75) is 19.9 Å². The van der Waals surface area contributed by atoms with Gasteiger partial charge in [-0.1, -0.05) is 12.1 Å². The van der Waals surface area contributed by atoms with Crippen molar-refractivity contribution in [1.29, 1.82) is 0 Å². The molecule has 0 radical (unpaired) electrons. The van der Waals surface area contributed by atoms with Gasteiger partial charge in [-0.2, -0.15) is 0 Å². The number of aryl methyl sites for hydroxylation is 2. The Morgan fingerprint density at radius 1 is 1.21 bits per heavy atom. The minimum Gasteiger partial charge on any atom is -0.408 e. The molecule has 0 atom stereocenters. The van der Waals surface area contributed by atoms with Gasteiger partial charge in [0.15, 0.2) is 10.7 Å². The van der Waals surface area contributed by atoms with Crippen molar-refractivity contribution in [3.05, 3.63) is 69.8 Å². The van der Waals surface area contributed by atoms with Crippen LogP contribution in [0.5, 0.6) is 0 Å². The quantitative estimate of drug-likeness (QED) is 0.548. The number of carbonyl (C=O) groups excluding carboxylic acids is 1. The molecule has 2 aromatic heterocycles. The number of hydrogen-bond acceptors (Lipinski definition) is 5. The maximum Gasteiger partial charge on any atom is 0.419 e. The average molecular weight is 397 g/mol. The standard InChI is InChI=1S/C20H16FN3O3S/c1-12-18(13-6-8-14(21)9-7-13)23-19(28-12)22-17(25)10-11-24-15-4-2-3-5-16(15)27-20(24)26/h2-9H,10-11H2,1H3,(H,22,23,25). The lowest BCUT2D eigenvalue weighted by Crippen LogP contribution is -2.19. The number of benzene rings is 2. The molecule has 4 rings (SSSR count). The maximum atomic E-state index is 13.1. The van der Waals surface area contributed by atoms with Crippen LogP contribution < -0.4 is 11.1 Å². The fourth-order valence-corrected chi connectivity index (χ4v) is 3.80. The Morgan fingerprint density at radius 2 is 1.96 bits per heavy atom. The van der Waals surface area contributed by atoms with Gasteiger partial charge in [-0.3, -0.25) is 9.36 Å². The summed E-state index contributed by atoms with van der Waals surface area (Å²) < 4.78 is 19.7. The third kappa shape index (κ3) is 3.59. The number of nitrogens with one attached hydrogen (secondary N) is 1. The summed E-state index contributed by atoms with van der Waals surface area (Å²) in [5.41, 5.74) is 2.64. The zero-order valence-electron chi connectivity index (χ0n) is 14.9. The van der Waals surface area contributed by atoms with E-state index in [1.54, 1.807) is 30.3 Å².